The predicted molar refractivity (Wildman–Crippen MR) is 69.8 cm³/mol. The van der Waals surface area contributed by atoms with E-state index in [9.17, 15) is 0 Å². The van der Waals surface area contributed by atoms with Crippen molar-refractivity contribution in [1.29, 1.82) is 0 Å². The third-order valence-electron chi connectivity index (χ3n) is 4.21. The van der Waals surface area contributed by atoms with E-state index in [0.717, 1.165) is 18.3 Å². The first-order chi connectivity index (χ1) is 7.72. The molecule has 0 aliphatic heterocycles. The van der Waals surface area contributed by atoms with E-state index in [4.69, 9.17) is 0 Å². The van der Waals surface area contributed by atoms with Crippen LogP contribution in [0.1, 0.15) is 55.8 Å². The topological polar surface area (TPSA) is 12.0 Å². The van der Waals surface area contributed by atoms with Crippen LogP contribution in [-0.2, 0) is 6.42 Å². The Morgan fingerprint density at radius 1 is 1.19 bits per heavy atom. The molecule has 1 aliphatic carbocycles. The molecule has 1 aromatic rings. The summed E-state index contributed by atoms with van der Waals surface area (Å²) in [7, 11) is 2.08. The zero-order valence-corrected chi connectivity index (χ0v) is 10.9. The number of hydrogen-bond donors (Lipinski definition) is 1. The van der Waals surface area contributed by atoms with E-state index in [0.29, 0.717) is 6.04 Å². The lowest BCUT2D eigenvalue weighted by Crippen LogP contribution is -2.20. The molecular weight excluding hydrogens is 194 g/mol. The molecule has 3 atom stereocenters. The van der Waals surface area contributed by atoms with Gasteiger partial charge in [0.1, 0.15) is 0 Å². The van der Waals surface area contributed by atoms with Crippen molar-refractivity contribution >= 4 is 0 Å². The van der Waals surface area contributed by atoms with Crippen LogP contribution < -0.4 is 5.32 Å². The SMILES string of the molecule is CCc1ccc2c(c1)C(NC)C(C)C2CC. The van der Waals surface area contributed by atoms with Crippen LogP contribution in [0.15, 0.2) is 18.2 Å². The highest BCUT2D eigenvalue weighted by molar-refractivity contribution is 5.42. The van der Waals surface area contributed by atoms with E-state index in [1.165, 1.54) is 12.0 Å². The summed E-state index contributed by atoms with van der Waals surface area (Å²) in [6.07, 6.45) is 2.38. The van der Waals surface area contributed by atoms with Crippen LogP contribution >= 0.6 is 0 Å². The first-order valence-electron chi connectivity index (χ1n) is 6.52. The van der Waals surface area contributed by atoms with E-state index in [-0.39, 0.29) is 0 Å². The highest BCUT2D eigenvalue weighted by Gasteiger charge is 2.35. The van der Waals surface area contributed by atoms with Gasteiger partial charge in [-0.05, 0) is 48.4 Å². The Morgan fingerprint density at radius 3 is 2.50 bits per heavy atom. The van der Waals surface area contributed by atoms with Gasteiger partial charge in [-0.2, -0.15) is 0 Å². The summed E-state index contributed by atoms with van der Waals surface area (Å²) in [5.74, 6) is 1.45. The first kappa shape index (κ1) is 11.7. The van der Waals surface area contributed by atoms with E-state index < -0.39 is 0 Å². The highest BCUT2D eigenvalue weighted by atomic mass is 14.9. The number of aryl methyl sites for hydroxylation is 1. The maximum Gasteiger partial charge on any atom is 0.0352 e. The van der Waals surface area contributed by atoms with Gasteiger partial charge in [-0.15, -0.1) is 0 Å². The monoisotopic (exact) mass is 217 g/mol. The lowest BCUT2D eigenvalue weighted by Gasteiger charge is -2.19. The largest absolute Gasteiger partial charge is 0.313 e. The fraction of sp³-hybridized carbons (Fsp3) is 0.600. The molecule has 1 aromatic carbocycles. The second kappa shape index (κ2) is 4.58. The molecule has 3 unspecified atom stereocenters. The Hall–Kier alpha value is -0.820. The van der Waals surface area contributed by atoms with Crippen molar-refractivity contribution in [2.24, 2.45) is 5.92 Å². The average molecular weight is 217 g/mol. The molecule has 1 N–H and O–H groups in total. The van der Waals surface area contributed by atoms with Crippen LogP contribution in [0.4, 0.5) is 0 Å². The Labute approximate surface area is 99.3 Å². The van der Waals surface area contributed by atoms with Gasteiger partial charge in [0.25, 0.3) is 0 Å². The van der Waals surface area contributed by atoms with Crippen molar-refractivity contribution in [3.8, 4) is 0 Å². The summed E-state index contributed by atoms with van der Waals surface area (Å²) in [4.78, 5) is 0. The summed E-state index contributed by atoms with van der Waals surface area (Å²) in [5, 5.41) is 3.49. The molecule has 1 nitrogen and oxygen atoms in total. The smallest absolute Gasteiger partial charge is 0.0352 e. The minimum absolute atomic E-state index is 0.548. The van der Waals surface area contributed by atoms with Crippen LogP contribution in [-0.4, -0.2) is 7.05 Å². The zero-order chi connectivity index (χ0) is 11.7. The van der Waals surface area contributed by atoms with Crippen molar-refractivity contribution in [3.05, 3.63) is 34.9 Å². The Balaban J connectivity index is 2.46. The van der Waals surface area contributed by atoms with E-state index in [1.807, 2.05) is 0 Å². The molecule has 0 bridgehead atoms. The standard InChI is InChI=1S/C15H23N/c1-5-11-7-8-13-12(6-2)10(3)15(16-4)14(13)9-11/h7-10,12,15-16H,5-6H2,1-4H3. The third kappa shape index (κ3) is 1.67. The molecule has 0 spiro atoms. The Kier molecular flexibility index (Phi) is 3.34. The second-order valence-corrected chi connectivity index (χ2v) is 4.96. The lowest BCUT2D eigenvalue weighted by molar-refractivity contribution is 0.380. The van der Waals surface area contributed by atoms with Gasteiger partial charge in [0.2, 0.25) is 0 Å². The molecule has 16 heavy (non-hydrogen) atoms. The van der Waals surface area contributed by atoms with Gasteiger partial charge in [-0.1, -0.05) is 39.0 Å². The fourth-order valence-corrected chi connectivity index (χ4v) is 3.26. The molecule has 1 aliphatic rings. The summed E-state index contributed by atoms with van der Waals surface area (Å²) in [6.45, 7) is 6.91. The van der Waals surface area contributed by atoms with Crippen molar-refractivity contribution in [1.82, 2.24) is 5.32 Å². The van der Waals surface area contributed by atoms with Crippen LogP contribution in [0.25, 0.3) is 0 Å². The molecule has 1 heteroatoms. The normalized spacial score (nSPS) is 28.1. The van der Waals surface area contributed by atoms with E-state index >= 15 is 0 Å². The Bertz CT molecular complexity index is 370. The summed E-state index contributed by atoms with van der Waals surface area (Å²) in [6, 6.07) is 7.61. The van der Waals surface area contributed by atoms with Gasteiger partial charge in [0, 0.05) is 6.04 Å². The van der Waals surface area contributed by atoms with Crippen LogP contribution in [0.5, 0.6) is 0 Å². The Morgan fingerprint density at radius 2 is 1.94 bits per heavy atom. The van der Waals surface area contributed by atoms with Crippen LogP contribution in [0, 0.1) is 5.92 Å². The number of benzene rings is 1. The van der Waals surface area contributed by atoms with Gasteiger partial charge in [0.15, 0.2) is 0 Å². The minimum atomic E-state index is 0.548. The molecular formula is C15H23N. The first-order valence-corrected chi connectivity index (χ1v) is 6.52. The number of nitrogens with one attached hydrogen (secondary N) is 1. The molecule has 0 saturated carbocycles. The van der Waals surface area contributed by atoms with Gasteiger partial charge in [-0.25, -0.2) is 0 Å². The fourth-order valence-electron chi connectivity index (χ4n) is 3.26. The summed E-state index contributed by atoms with van der Waals surface area (Å²) in [5.41, 5.74) is 4.58. The molecule has 0 radical (unpaired) electrons. The summed E-state index contributed by atoms with van der Waals surface area (Å²) >= 11 is 0. The third-order valence-corrected chi connectivity index (χ3v) is 4.21. The highest BCUT2D eigenvalue weighted by Crippen LogP contribution is 2.46. The molecule has 0 fully saturated rings. The molecule has 0 amide bonds. The maximum absolute atomic E-state index is 3.49. The van der Waals surface area contributed by atoms with Gasteiger partial charge in [0.05, 0.1) is 0 Å². The van der Waals surface area contributed by atoms with E-state index in [2.05, 4.69) is 51.3 Å². The minimum Gasteiger partial charge on any atom is -0.313 e. The molecule has 0 saturated heterocycles. The molecule has 2 rings (SSSR count). The zero-order valence-electron chi connectivity index (χ0n) is 10.9. The number of rotatable bonds is 3. The van der Waals surface area contributed by atoms with Crippen molar-refractivity contribution in [3.63, 3.8) is 0 Å². The van der Waals surface area contributed by atoms with Gasteiger partial charge < -0.3 is 5.32 Å². The predicted octanol–water partition coefficient (Wildman–Crippen LogP) is 3.65. The quantitative estimate of drug-likeness (QED) is 0.815. The summed E-state index contributed by atoms with van der Waals surface area (Å²) < 4.78 is 0. The molecule has 0 aromatic heterocycles. The van der Waals surface area contributed by atoms with Crippen molar-refractivity contribution in [2.75, 3.05) is 7.05 Å². The van der Waals surface area contributed by atoms with Crippen LogP contribution in [0.2, 0.25) is 0 Å². The van der Waals surface area contributed by atoms with Crippen molar-refractivity contribution < 1.29 is 0 Å². The maximum atomic E-state index is 3.49. The molecule has 0 heterocycles. The lowest BCUT2D eigenvalue weighted by atomic mass is 9.90. The van der Waals surface area contributed by atoms with Crippen LogP contribution in [0.3, 0.4) is 0 Å². The van der Waals surface area contributed by atoms with E-state index in [1.54, 1.807) is 11.1 Å². The van der Waals surface area contributed by atoms with Crippen molar-refractivity contribution in [2.45, 2.75) is 45.6 Å². The number of fused-ring (bicyclic) bond motifs is 1. The average Bonchev–Trinajstić information content (AvgIpc) is 2.59. The van der Waals surface area contributed by atoms with Gasteiger partial charge in [-0.3, -0.25) is 0 Å². The van der Waals surface area contributed by atoms with Gasteiger partial charge >= 0.3 is 0 Å². The second-order valence-electron chi connectivity index (χ2n) is 4.96. The molecule has 88 valence electrons. The number of hydrogen-bond acceptors (Lipinski definition) is 1.